The molecule has 31 heavy (non-hydrogen) atoms. The maximum absolute atomic E-state index is 12.2. The SMILES string of the molecule is Cc1ccc(NC(=O)COc2cccc(/C=N\NC(=O)C(=O)NCC(C)C)c2)c(C)c1. The first kappa shape index (κ1) is 23.6. The molecule has 2 rings (SSSR count). The zero-order chi connectivity index (χ0) is 22.8. The number of ether oxygens (including phenoxy) is 1. The topological polar surface area (TPSA) is 109 Å². The van der Waals surface area contributed by atoms with Crippen LogP contribution < -0.4 is 20.8 Å². The number of carbonyl (C=O) groups excluding carboxylic acids is 3. The number of benzene rings is 2. The second-order valence-electron chi connectivity index (χ2n) is 7.53. The molecule has 0 saturated heterocycles. The molecule has 164 valence electrons. The molecule has 3 amide bonds. The van der Waals surface area contributed by atoms with Crippen LogP contribution in [-0.2, 0) is 14.4 Å². The van der Waals surface area contributed by atoms with Crippen LogP contribution in [0.4, 0.5) is 5.69 Å². The van der Waals surface area contributed by atoms with E-state index in [9.17, 15) is 14.4 Å². The molecule has 0 aromatic heterocycles. The van der Waals surface area contributed by atoms with Gasteiger partial charge in [-0.3, -0.25) is 14.4 Å². The minimum atomic E-state index is -0.840. The summed E-state index contributed by atoms with van der Waals surface area (Å²) in [5.74, 6) is -1.14. The molecule has 0 atom stereocenters. The number of rotatable bonds is 8. The van der Waals surface area contributed by atoms with Crippen LogP contribution in [0.5, 0.6) is 5.75 Å². The number of nitrogens with zero attached hydrogens (tertiary/aromatic N) is 1. The van der Waals surface area contributed by atoms with Crippen LogP contribution in [-0.4, -0.2) is 37.1 Å². The summed E-state index contributed by atoms with van der Waals surface area (Å²) in [5, 5.41) is 9.11. The van der Waals surface area contributed by atoms with Gasteiger partial charge in [0.2, 0.25) is 0 Å². The van der Waals surface area contributed by atoms with Crippen molar-refractivity contribution in [2.75, 3.05) is 18.5 Å². The van der Waals surface area contributed by atoms with Gasteiger partial charge in [0.15, 0.2) is 6.61 Å². The summed E-state index contributed by atoms with van der Waals surface area (Å²) in [6.45, 7) is 8.04. The lowest BCUT2D eigenvalue weighted by molar-refractivity contribution is -0.139. The van der Waals surface area contributed by atoms with Crippen molar-refractivity contribution < 1.29 is 19.1 Å². The molecule has 8 heteroatoms. The highest BCUT2D eigenvalue weighted by molar-refractivity contribution is 6.35. The fourth-order valence-electron chi connectivity index (χ4n) is 2.57. The minimum absolute atomic E-state index is 0.152. The standard InChI is InChI=1S/C23H28N4O4/c1-15(2)12-24-22(29)23(30)27-25-13-18-6-5-7-19(11-18)31-14-21(28)26-20-9-8-16(3)10-17(20)4/h5-11,13,15H,12,14H2,1-4H3,(H,24,29)(H,26,28)(H,27,30)/b25-13-. The molecule has 0 heterocycles. The fourth-order valence-corrected chi connectivity index (χ4v) is 2.57. The van der Waals surface area contributed by atoms with Crippen molar-refractivity contribution in [2.45, 2.75) is 27.7 Å². The molecule has 0 aliphatic carbocycles. The van der Waals surface area contributed by atoms with Crippen LogP contribution in [0.2, 0.25) is 0 Å². The Balaban J connectivity index is 1.84. The van der Waals surface area contributed by atoms with Crippen LogP contribution in [0, 0.1) is 19.8 Å². The van der Waals surface area contributed by atoms with Crippen molar-refractivity contribution in [3.05, 3.63) is 59.2 Å². The van der Waals surface area contributed by atoms with Gasteiger partial charge >= 0.3 is 11.8 Å². The molecule has 0 bridgehead atoms. The lowest BCUT2D eigenvalue weighted by Gasteiger charge is -2.10. The summed E-state index contributed by atoms with van der Waals surface area (Å²) in [7, 11) is 0. The first-order chi connectivity index (χ1) is 14.7. The average Bonchev–Trinajstić information content (AvgIpc) is 2.72. The summed E-state index contributed by atoms with van der Waals surface area (Å²) in [6, 6.07) is 12.6. The van der Waals surface area contributed by atoms with E-state index in [0.717, 1.165) is 16.8 Å². The smallest absolute Gasteiger partial charge is 0.329 e. The van der Waals surface area contributed by atoms with Gasteiger partial charge in [-0.2, -0.15) is 5.10 Å². The lowest BCUT2D eigenvalue weighted by atomic mass is 10.1. The predicted octanol–water partition coefficient (Wildman–Crippen LogP) is 2.54. The molecule has 0 aliphatic heterocycles. The minimum Gasteiger partial charge on any atom is -0.484 e. The highest BCUT2D eigenvalue weighted by Crippen LogP contribution is 2.16. The number of hydrogen-bond donors (Lipinski definition) is 3. The van der Waals surface area contributed by atoms with Gasteiger partial charge in [-0.15, -0.1) is 0 Å². The van der Waals surface area contributed by atoms with E-state index in [4.69, 9.17) is 4.74 Å². The third kappa shape index (κ3) is 8.30. The molecule has 8 nitrogen and oxygen atoms in total. The van der Waals surface area contributed by atoms with E-state index in [1.54, 1.807) is 24.3 Å². The molecular formula is C23H28N4O4. The van der Waals surface area contributed by atoms with Gasteiger partial charge in [-0.25, -0.2) is 5.43 Å². The van der Waals surface area contributed by atoms with Crippen molar-refractivity contribution >= 4 is 29.6 Å². The molecule has 0 spiro atoms. The lowest BCUT2D eigenvalue weighted by Crippen LogP contribution is -2.39. The van der Waals surface area contributed by atoms with Crippen molar-refractivity contribution in [2.24, 2.45) is 11.0 Å². The summed E-state index contributed by atoms with van der Waals surface area (Å²) in [6.07, 6.45) is 1.39. The Labute approximate surface area is 182 Å². The third-order valence-electron chi connectivity index (χ3n) is 4.14. The van der Waals surface area contributed by atoms with E-state index in [1.807, 2.05) is 45.9 Å². The number of anilines is 1. The number of carbonyl (C=O) groups is 3. The quantitative estimate of drug-likeness (QED) is 0.344. The maximum atomic E-state index is 12.2. The number of amides is 3. The van der Waals surface area contributed by atoms with E-state index in [0.29, 0.717) is 17.9 Å². The van der Waals surface area contributed by atoms with E-state index < -0.39 is 11.8 Å². The normalized spacial score (nSPS) is 10.7. The van der Waals surface area contributed by atoms with E-state index in [-0.39, 0.29) is 18.4 Å². The van der Waals surface area contributed by atoms with Crippen LogP contribution in [0.25, 0.3) is 0 Å². The van der Waals surface area contributed by atoms with Crippen molar-refractivity contribution in [3.8, 4) is 5.75 Å². The van der Waals surface area contributed by atoms with E-state index >= 15 is 0 Å². The second kappa shape index (κ2) is 11.5. The van der Waals surface area contributed by atoms with Gasteiger partial charge in [0, 0.05) is 12.2 Å². The number of hydrazone groups is 1. The molecule has 3 N–H and O–H groups in total. The predicted molar refractivity (Wildman–Crippen MR) is 120 cm³/mol. The number of nitrogens with one attached hydrogen (secondary N) is 3. The molecular weight excluding hydrogens is 396 g/mol. The van der Waals surface area contributed by atoms with Crippen LogP contribution >= 0.6 is 0 Å². The molecule has 0 aliphatic rings. The second-order valence-corrected chi connectivity index (χ2v) is 7.53. The molecule has 0 saturated carbocycles. The van der Waals surface area contributed by atoms with Gasteiger partial charge in [-0.1, -0.05) is 43.7 Å². The molecule has 0 unspecified atom stereocenters. The van der Waals surface area contributed by atoms with Gasteiger partial charge in [0.05, 0.1) is 6.21 Å². The van der Waals surface area contributed by atoms with Crippen molar-refractivity contribution in [3.63, 3.8) is 0 Å². The van der Waals surface area contributed by atoms with Crippen LogP contribution in [0.15, 0.2) is 47.6 Å². The summed E-state index contributed by atoms with van der Waals surface area (Å²) in [5.41, 5.74) is 5.65. The van der Waals surface area contributed by atoms with Crippen LogP contribution in [0.1, 0.15) is 30.5 Å². The number of aryl methyl sites for hydroxylation is 2. The van der Waals surface area contributed by atoms with Gasteiger partial charge in [-0.05, 0) is 49.1 Å². The Bertz CT molecular complexity index is 970. The van der Waals surface area contributed by atoms with E-state index in [1.165, 1.54) is 6.21 Å². The highest BCUT2D eigenvalue weighted by atomic mass is 16.5. The summed E-state index contributed by atoms with van der Waals surface area (Å²) in [4.78, 5) is 35.4. The van der Waals surface area contributed by atoms with E-state index in [2.05, 4.69) is 21.2 Å². The van der Waals surface area contributed by atoms with Crippen molar-refractivity contribution in [1.82, 2.24) is 10.7 Å². The average molecular weight is 425 g/mol. The molecule has 0 radical (unpaired) electrons. The molecule has 2 aromatic rings. The highest BCUT2D eigenvalue weighted by Gasteiger charge is 2.12. The molecule has 0 fully saturated rings. The zero-order valence-electron chi connectivity index (χ0n) is 18.2. The Morgan fingerprint density at radius 2 is 1.84 bits per heavy atom. The Hall–Kier alpha value is -3.68. The first-order valence-corrected chi connectivity index (χ1v) is 9.96. The zero-order valence-corrected chi connectivity index (χ0v) is 18.2. The molecule has 2 aromatic carbocycles. The maximum Gasteiger partial charge on any atom is 0.329 e. The van der Waals surface area contributed by atoms with Crippen LogP contribution in [0.3, 0.4) is 0 Å². The van der Waals surface area contributed by atoms with Gasteiger partial charge in [0.25, 0.3) is 5.91 Å². The van der Waals surface area contributed by atoms with Gasteiger partial charge in [0.1, 0.15) is 5.75 Å². The Morgan fingerprint density at radius 1 is 1.06 bits per heavy atom. The summed E-state index contributed by atoms with van der Waals surface area (Å²) >= 11 is 0. The van der Waals surface area contributed by atoms with Crippen molar-refractivity contribution in [1.29, 1.82) is 0 Å². The van der Waals surface area contributed by atoms with Gasteiger partial charge < -0.3 is 15.4 Å². The summed E-state index contributed by atoms with van der Waals surface area (Å²) < 4.78 is 5.54. The third-order valence-corrected chi connectivity index (χ3v) is 4.14. The monoisotopic (exact) mass is 424 g/mol. The Morgan fingerprint density at radius 3 is 2.55 bits per heavy atom. The largest absolute Gasteiger partial charge is 0.484 e. The number of hydrogen-bond acceptors (Lipinski definition) is 5. The fraction of sp³-hybridized carbons (Fsp3) is 0.304. The Kier molecular flexibility index (Phi) is 8.75. The first-order valence-electron chi connectivity index (χ1n) is 9.96.